The molecule has 1 aromatic heterocycles. The summed E-state index contributed by atoms with van der Waals surface area (Å²) >= 11 is 0. The number of rotatable bonds is 3. The molecular formula is C17H21F5N2O3. The van der Waals surface area contributed by atoms with Gasteiger partial charge in [-0.05, 0) is 32.9 Å². The van der Waals surface area contributed by atoms with Gasteiger partial charge in [0.15, 0.2) is 5.69 Å². The van der Waals surface area contributed by atoms with Crippen molar-refractivity contribution in [3.8, 4) is 5.75 Å². The number of halogens is 5. The molecule has 0 saturated carbocycles. The molecule has 1 atom stereocenters. The zero-order valence-electron chi connectivity index (χ0n) is 15.1. The Kier molecular flexibility index (Phi) is 5.86. The molecule has 1 saturated heterocycles. The molecular weight excluding hydrogens is 375 g/mol. The zero-order chi connectivity index (χ0) is 20.5. The van der Waals surface area contributed by atoms with E-state index >= 15 is 0 Å². The Labute approximate surface area is 153 Å². The zero-order valence-corrected chi connectivity index (χ0v) is 15.1. The van der Waals surface area contributed by atoms with Crippen molar-refractivity contribution in [2.45, 2.75) is 44.9 Å². The van der Waals surface area contributed by atoms with Crippen LogP contribution >= 0.6 is 0 Å². The summed E-state index contributed by atoms with van der Waals surface area (Å²) in [5.74, 6) is -4.59. The van der Waals surface area contributed by atoms with Crippen molar-refractivity contribution >= 4 is 6.09 Å². The summed E-state index contributed by atoms with van der Waals surface area (Å²) < 4.78 is 77.0. The summed E-state index contributed by atoms with van der Waals surface area (Å²) in [6.45, 7) is 3.49. The molecule has 0 spiro atoms. The summed E-state index contributed by atoms with van der Waals surface area (Å²) in [4.78, 5) is 16.2. The van der Waals surface area contributed by atoms with Crippen molar-refractivity contribution in [2.24, 2.45) is 5.92 Å². The lowest BCUT2D eigenvalue weighted by molar-refractivity contribution is -0.143. The van der Waals surface area contributed by atoms with Crippen LogP contribution in [0.2, 0.25) is 0 Å². The van der Waals surface area contributed by atoms with E-state index in [0.29, 0.717) is 0 Å². The molecule has 1 unspecified atom stereocenters. The van der Waals surface area contributed by atoms with E-state index in [9.17, 15) is 26.7 Å². The molecule has 1 amide bonds. The molecule has 1 fully saturated rings. The molecule has 2 rings (SSSR count). The van der Waals surface area contributed by atoms with Gasteiger partial charge in [-0.25, -0.2) is 18.6 Å². The van der Waals surface area contributed by atoms with Crippen LogP contribution in [-0.4, -0.2) is 47.2 Å². The summed E-state index contributed by atoms with van der Waals surface area (Å²) in [5.41, 5.74) is -2.08. The number of nitrogens with zero attached hydrogens (tertiary/aromatic N) is 2. The summed E-state index contributed by atoms with van der Waals surface area (Å²) in [5, 5.41) is 0. The molecule has 1 aliphatic heterocycles. The third-order valence-corrected chi connectivity index (χ3v) is 3.65. The van der Waals surface area contributed by atoms with Crippen molar-refractivity contribution in [1.82, 2.24) is 9.88 Å². The fourth-order valence-electron chi connectivity index (χ4n) is 2.71. The van der Waals surface area contributed by atoms with Crippen LogP contribution in [0, 0.1) is 5.92 Å². The first-order valence-electron chi connectivity index (χ1n) is 8.28. The second-order valence-corrected chi connectivity index (χ2v) is 7.45. The number of carbonyl (C=O) groups excluding carboxylic acids is 1. The lowest BCUT2D eigenvalue weighted by Gasteiger charge is -2.38. The Morgan fingerprint density at radius 2 is 2.00 bits per heavy atom. The minimum atomic E-state index is -4.73. The predicted molar refractivity (Wildman–Crippen MR) is 85.6 cm³/mol. The van der Waals surface area contributed by atoms with Crippen molar-refractivity contribution in [1.29, 1.82) is 0 Å². The Morgan fingerprint density at radius 1 is 1.33 bits per heavy atom. The van der Waals surface area contributed by atoms with E-state index in [1.54, 1.807) is 20.8 Å². The minimum absolute atomic E-state index is 0.105. The molecule has 0 N–H and O–H groups in total. The second kappa shape index (κ2) is 7.47. The molecule has 0 radical (unpaired) electrons. The highest BCUT2D eigenvalue weighted by atomic mass is 19.4. The monoisotopic (exact) mass is 396 g/mol. The number of aromatic nitrogens is 1. The first-order chi connectivity index (χ1) is 12.3. The van der Waals surface area contributed by atoms with Crippen molar-refractivity contribution in [3.05, 3.63) is 24.0 Å². The van der Waals surface area contributed by atoms with Crippen molar-refractivity contribution in [2.75, 3.05) is 19.7 Å². The summed E-state index contributed by atoms with van der Waals surface area (Å²) in [7, 11) is 0. The number of alkyl halides is 5. The number of carbonyl (C=O) groups is 1. The first-order valence-corrected chi connectivity index (χ1v) is 8.28. The third-order valence-electron chi connectivity index (χ3n) is 3.65. The van der Waals surface area contributed by atoms with Crippen LogP contribution in [0.3, 0.4) is 0 Å². The molecule has 5 nitrogen and oxygen atoms in total. The van der Waals surface area contributed by atoms with Crippen LogP contribution in [-0.2, 0) is 10.9 Å². The van der Waals surface area contributed by atoms with E-state index in [2.05, 4.69) is 4.98 Å². The highest BCUT2D eigenvalue weighted by molar-refractivity contribution is 5.68. The number of pyridine rings is 1. The van der Waals surface area contributed by atoms with Gasteiger partial charge in [-0.3, -0.25) is 0 Å². The maximum absolute atomic E-state index is 14.0. The quantitative estimate of drug-likeness (QED) is 0.712. The van der Waals surface area contributed by atoms with Gasteiger partial charge in [-0.1, -0.05) is 0 Å². The van der Waals surface area contributed by atoms with Gasteiger partial charge in [-0.15, -0.1) is 0 Å². The molecule has 27 heavy (non-hydrogen) atoms. The average molecular weight is 396 g/mol. The Morgan fingerprint density at radius 3 is 2.59 bits per heavy atom. The van der Waals surface area contributed by atoms with E-state index in [-0.39, 0.29) is 6.54 Å². The van der Waals surface area contributed by atoms with Crippen LogP contribution in [0.5, 0.6) is 5.75 Å². The number of hydrogen-bond donors (Lipinski definition) is 0. The van der Waals surface area contributed by atoms with Gasteiger partial charge in [0.05, 0.1) is 13.2 Å². The third kappa shape index (κ3) is 6.21. The number of piperidine rings is 1. The highest BCUT2D eigenvalue weighted by Crippen LogP contribution is 2.36. The van der Waals surface area contributed by atoms with Gasteiger partial charge in [0.1, 0.15) is 11.4 Å². The Hall–Kier alpha value is -2.13. The number of ether oxygens (including phenoxy) is 2. The van der Waals surface area contributed by atoms with Crippen LogP contribution in [0.4, 0.5) is 26.7 Å². The van der Waals surface area contributed by atoms with Crippen LogP contribution in [0.15, 0.2) is 18.3 Å². The molecule has 10 heteroatoms. The van der Waals surface area contributed by atoms with Crippen molar-refractivity contribution < 1.29 is 36.2 Å². The minimum Gasteiger partial charge on any atom is -0.491 e. The SMILES string of the molecule is CC(C)(C)OC(=O)N1CC(COc2cccnc2C(F)(F)F)CC(F)(F)C1. The van der Waals surface area contributed by atoms with Crippen molar-refractivity contribution in [3.63, 3.8) is 0 Å². The fourth-order valence-corrected chi connectivity index (χ4v) is 2.71. The topological polar surface area (TPSA) is 51.7 Å². The maximum atomic E-state index is 14.0. The smallest absolute Gasteiger partial charge is 0.437 e. The summed E-state index contributed by atoms with van der Waals surface area (Å²) in [6, 6.07) is 2.33. The van der Waals surface area contributed by atoms with Gasteiger partial charge in [-0.2, -0.15) is 13.2 Å². The molecule has 2 heterocycles. The van der Waals surface area contributed by atoms with Gasteiger partial charge in [0, 0.05) is 25.1 Å². The lowest BCUT2D eigenvalue weighted by atomic mass is 9.96. The van der Waals surface area contributed by atoms with Gasteiger partial charge in [0.25, 0.3) is 5.92 Å². The van der Waals surface area contributed by atoms with E-state index in [4.69, 9.17) is 9.47 Å². The van der Waals surface area contributed by atoms with Gasteiger partial charge >= 0.3 is 12.3 Å². The van der Waals surface area contributed by atoms with Gasteiger partial charge < -0.3 is 14.4 Å². The molecule has 152 valence electrons. The molecule has 0 aromatic carbocycles. The number of likely N-dealkylation sites (tertiary alicyclic amines) is 1. The highest BCUT2D eigenvalue weighted by Gasteiger charge is 2.44. The Balaban J connectivity index is 2.07. The lowest BCUT2D eigenvalue weighted by Crippen LogP contribution is -2.52. The Bertz CT molecular complexity index is 673. The number of amides is 1. The molecule has 0 aliphatic carbocycles. The second-order valence-electron chi connectivity index (χ2n) is 7.45. The predicted octanol–water partition coefficient (Wildman–Crippen LogP) is 4.37. The van der Waals surface area contributed by atoms with E-state index in [0.717, 1.165) is 17.2 Å². The summed E-state index contributed by atoms with van der Waals surface area (Å²) in [6.07, 6.45) is -5.26. The van der Waals surface area contributed by atoms with Crippen LogP contribution < -0.4 is 4.74 Å². The maximum Gasteiger partial charge on any atom is 0.437 e. The van der Waals surface area contributed by atoms with E-state index in [1.165, 1.54) is 6.07 Å². The molecule has 1 aliphatic rings. The van der Waals surface area contributed by atoms with Crippen LogP contribution in [0.1, 0.15) is 32.9 Å². The van der Waals surface area contributed by atoms with E-state index in [1.807, 2.05) is 0 Å². The van der Waals surface area contributed by atoms with E-state index < -0.39 is 60.7 Å². The standard InChI is InChI=1S/C17H21F5N2O3/c1-15(2,3)27-14(25)24-8-11(7-16(18,19)10-24)9-26-12-5-4-6-23-13(12)17(20,21)22/h4-6,11H,7-10H2,1-3H3. The first kappa shape index (κ1) is 21.2. The fraction of sp³-hybridized carbons (Fsp3) is 0.647. The molecule has 1 aromatic rings. The van der Waals surface area contributed by atoms with Gasteiger partial charge in [0.2, 0.25) is 0 Å². The average Bonchev–Trinajstić information content (AvgIpc) is 2.49. The molecule has 0 bridgehead atoms. The normalized spacial score (nSPS) is 20.3. The largest absolute Gasteiger partial charge is 0.491 e. The number of hydrogen-bond acceptors (Lipinski definition) is 4. The van der Waals surface area contributed by atoms with Crippen LogP contribution in [0.25, 0.3) is 0 Å².